The van der Waals surface area contributed by atoms with Crippen molar-refractivity contribution in [2.45, 2.75) is 25.7 Å². The SMILES string of the molecule is COc1cccc2c(N)nc(NCC3CCC(C(N)=O)CC3)nc12.Cl. The van der Waals surface area contributed by atoms with E-state index >= 15 is 0 Å². The fourth-order valence-electron chi connectivity index (χ4n) is 3.28. The summed E-state index contributed by atoms with van der Waals surface area (Å²) in [6, 6.07) is 5.59. The summed E-state index contributed by atoms with van der Waals surface area (Å²) in [6.45, 7) is 0.756. The number of nitrogens with two attached hydrogens (primary N) is 2. The summed E-state index contributed by atoms with van der Waals surface area (Å²) in [6.07, 6.45) is 3.67. The molecule has 0 aliphatic heterocycles. The highest BCUT2D eigenvalue weighted by molar-refractivity contribution is 5.93. The molecule has 1 aromatic carbocycles. The monoisotopic (exact) mass is 365 g/mol. The normalized spacial score (nSPS) is 19.9. The molecule has 1 aliphatic carbocycles. The number of primary amides is 1. The number of nitrogen functional groups attached to an aromatic ring is 1. The van der Waals surface area contributed by atoms with Gasteiger partial charge in [-0.1, -0.05) is 6.07 Å². The van der Waals surface area contributed by atoms with E-state index in [0.29, 0.717) is 29.0 Å². The molecular weight excluding hydrogens is 342 g/mol. The van der Waals surface area contributed by atoms with E-state index in [1.807, 2.05) is 18.2 Å². The lowest BCUT2D eigenvalue weighted by atomic mass is 9.82. The van der Waals surface area contributed by atoms with Crippen molar-refractivity contribution >= 4 is 41.0 Å². The predicted molar refractivity (Wildman–Crippen MR) is 101 cm³/mol. The van der Waals surface area contributed by atoms with Crippen LogP contribution in [-0.4, -0.2) is 29.5 Å². The van der Waals surface area contributed by atoms with E-state index in [0.717, 1.165) is 37.6 Å². The minimum atomic E-state index is -0.181. The number of amides is 1. The quantitative estimate of drug-likeness (QED) is 0.748. The average Bonchev–Trinajstić information content (AvgIpc) is 2.60. The van der Waals surface area contributed by atoms with Gasteiger partial charge >= 0.3 is 0 Å². The number of nitrogens with one attached hydrogen (secondary N) is 1. The van der Waals surface area contributed by atoms with Gasteiger partial charge in [-0.15, -0.1) is 12.4 Å². The maximum Gasteiger partial charge on any atom is 0.225 e. The van der Waals surface area contributed by atoms with Crippen molar-refractivity contribution in [2.75, 3.05) is 24.7 Å². The second-order valence-electron chi connectivity index (χ2n) is 6.29. The summed E-state index contributed by atoms with van der Waals surface area (Å²) in [7, 11) is 1.61. The number of carbonyl (C=O) groups is 1. The van der Waals surface area contributed by atoms with Crippen molar-refractivity contribution in [1.29, 1.82) is 0 Å². The molecule has 0 radical (unpaired) electrons. The van der Waals surface area contributed by atoms with E-state index in [4.69, 9.17) is 16.2 Å². The molecule has 1 fully saturated rings. The van der Waals surface area contributed by atoms with E-state index in [-0.39, 0.29) is 24.2 Å². The second-order valence-corrected chi connectivity index (χ2v) is 6.29. The van der Waals surface area contributed by atoms with Gasteiger partial charge < -0.3 is 21.5 Å². The molecule has 1 amide bonds. The summed E-state index contributed by atoms with van der Waals surface area (Å²) >= 11 is 0. The van der Waals surface area contributed by atoms with Crippen LogP contribution in [0.4, 0.5) is 11.8 Å². The summed E-state index contributed by atoms with van der Waals surface area (Å²) in [4.78, 5) is 20.1. The first kappa shape index (κ1) is 19.1. The zero-order chi connectivity index (χ0) is 17.1. The average molecular weight is 366 g/mol. The second kappa shape index (κ2) is 8.20. The largest absolute Gasteiger partial charge is 0.494 e. The molecule has 0 spiro atoms. The van der Waals surface area contributed by atoms with Crippen LogP contribution in [0.3, 0.4) is 0 Å². The Labute approximate surface area is 152 Å². The first-order chi connectivity index (χ1) is 11.6. The Morgan fingerprint density at radius 1 is 1.28 bits per heavy atom. The maximum atomic E-state index is 11.2. The number of aromatic nitrogens is 2. The van der Waals surface area contributed by atoms with Gasteiger partial charge in [-0.2, -0.15) is 4.98 Å². The molecule has 1 heterocycles. The summed E-state index contributed by atoms with van der Waals surface area (Å²) < 4.78 is 5.35. The van der Waals surface area contributed by atoms with Crippen LogP contribution in [0, 0.1) is 11.8 Å². The standard InChI is InChI=1S/C17H23N5O2.ClH/c1-24-13-4-2-3-12-14(13)21-17(22-15(12)18)20-9-10-5-7-11(8-6-10)16(19)23;/h2-4,10-11H,5-9H2,1H3,(H2,19,23)(H3,18,20,21,22);1H. The topological polar surface area (TPSA) is 116 Å². The van der Waals surface area contributed by atoms with Crippen molar-refractivity contribution < 1.29 is 9.53 Å². The van der Waals surface area contributed by atoms with Gasteiger partial charge in [0.15, 0.2) is 0 Å². The molecule has 136 valence electrons. The number of fused-ring (bicyclic) bond motifs is 1. The van der Waals surface area contributed by atoms with Gasteiger partial charge in [-0.05, 0) is 43.7 Å². The van der Waals surface area contributed by atoms with Crippen LogP contribution in [0.2, 0.25) is 0 Å². The third-order valence-corrected chi connectivity index (χ3v) is 4.74. The van der Waals surface area contributed by atoms with Gasteiger partial charge in [0, 0.05) is 17.8 Å². The first-order valence-corrected chi connectivity index (χ1v) is 8.22. The number of anilines is 2. The van der Waals surface area contributed by atoms with E-state index in [1.165, 1.54) is 0 Å². The van der Waals surface area contributed by atoms with Gasteiger partial charge in [0.2, 0.25) is 11.9 Å². The van der Waals surface area contributed by atoms with Crippen LogP contribution in [0.5, 0.6) is 5.75 Å². The summed E-state index contributed by atoms with van der Waals surface area (Å²) in [5, 5.41) is 4.05. The molecule has 25 heavy (non-hydrogen) atoms. The van der Waals surface area contributed by atoms with E-state index in [9.17, 15) is 4.79 Å². The number of rotatable bonds is 5. The molecule has 5 N–H and O–H groups in total. The Balaban J connectivity index is 0.00000225. The number of halogens is 1. The van der Waals surface area contributed by atoms with Crippen LogP contribution in [0.25, 0.3) is 10.9 Å². The molecule has 8 heteroatoms. The van der Waals surface area contributed by atoms with Gasteiger partial charge in [0.1, 0.15) is 17.1 Å². The van der Waals surface area contributed by atoms with E-state index < -0.39 is 0 Å². The van der Waals surface area contributed by atoms with Crippen LogP contribution in [-0.2, 0) is 4.79 Å². The Morgan fingerprint density at radius 2 is 2.00 bits per heavy atom. The number of nitrogens with zero attached hydrogens (tertiary/aromatic N) is 2. The lowest BCUT2D eigenvalue weighted by Crippen LogP contribution is -2.29. The van der Waals surface area contributed by atoms with Crippen molar-refractivity contribution in [2.24, 2.45) is 17.6 Å². The molecule has 7 nitrogen and oxygen atoms in total. The zero-order valence-corrected chi connectivity index (χ0v) is 15.0. The Kier molecular flexibility index (Phi) is 6.25. The van der Waals surface area contributed by atoms with Gasteiger partial charge in [-0.3, -0.25) is 4.79 Å². The van der Waals surface area contributed by atoms with Gasteiger partial charge in [0.25, 0.3) is 0 Å². The van der Waals surface area contributed by atoms with Crippen LogP contribution in [0.1, 0.15) is 25.7 Å². The Bertz CT molecular complexity index is 747. The smallest absolute Gasteiger partial charge is 0.225 e. The minimum absolute atomic E-state index is 0. The summed E-state index contributed by atoms with van der Waals surface area (Å²) in [5.41, 5.74) is 12.1. The minimum Gasteiger partial charge on any atom is -0.494 e. The summed E-state index contributed by atoms with van der Waals surface area (Å²) in [5.74, 6) is 1.93. The first-order valence-electron chi connectivity index (χ1n) is 8.22. The van der Waals surface area contributed by atoms with Crippen LogP contribution >= 0.6 is 12.4 Å². The molecule has 2 aromatic rings. The third kappa shape index (κ3) is 4.22. The number of hydrogen-bond acceptors (Lipinski definition) is 6. The number of para-hydroxylation sites is 1. The van der Waals surface area contributed by atoms with Crippen molar-refractivity contribution in [3.8, 4) is 5.75 Å². The van der Waals surface area contributed by atoms with Crippen LogP contribution in [0.15, 0.2) is 18.2 Å². The highest BCUT2D eigenvalue weighted by Gasteiger charge is 2.24. The molecule has 0 bridgehead atoms. The zero-order valence-electron chi connectivity index (χ0n) is 14.2. The molecule has 0 unspecified atom stereocenters. The number of ether oxygens (including phenoxy) is 1. The lowest BCUT2D eigenvalue weighted by molar-refractivity contribution is -0.122. The molecule has 3 rings (SSSR count). The molecule has 0 atom stereocenters. The molecular formula is C17H24ClN5O2. The van der Waals surface area contributed by atoms with E-state index in [1.54, 1.807) is 7.11 Å². The van der Waals surface area contributed by atoms with Gasteiger partial charge in [-0.25, -0.2) is 4.98 Å². The number of carbonyl (C=O) groups excluding carboxylic acids is 1. The maximum absolute atomic E-state index is 11.2. The Morgan fingerprint density at radius 3 is 2.64 bits per heavy atom. The molecule has 1 aromatic heterocycles. The van der Waals surface area contributed by atoms with E-state index in [2.05, 4.69) is 15.3 Å². The molecule has 0 saturated heterocycles. The van der Waals surface area contributed by atoms with Crippen molar-refractivity contribution in [3.63, 3.8) is 0 Å². The van der Waals surface area contributed by atoms with Crippen molar-refractivity contribution in [1.82, 2.24) is 9.97 Å². The lowest BCUT2D eigenvalue weighted by Gasteiger charge is -2.26. The number of hydrogen-bond donors (Lipinski definition) is 3. The molecule has 1 saturated carbocycles. The highest BCUT2D eigenvalue weighted by Crippen LogP contribution is 2.30. The highest BCUT2D eigenvalue weighted by atomic mass is 35.5. The molecule has 1 aliphatic rings. The van der Waals surface area contributed by atoms with Crippen LogP contribution < -0.4 is 21.5 Å². The number of benzene rings is 1. The van der Waals surface area contributed by atoms with Crippen molar-refractivity contribution in [3.05, 3.63) is 18.2 Å². The fraction of sp³-hybridized carbons (Fsp3) is 0.471. The predicted octanol–water partition coefficient (Wildman–Crippen LogP) is 2.35. The number of methoxy groups -OCH3 is 1. The fourth-order valence-corrected chi connectivity index (χ4v) is 3.28. The Hall–Kier alpha value is -2.28. The third-order valence-electron chi connectivity index (χ3n) is 4.74. The van der Waals surface area contributed by atoms with Gasteiger partial charge in [0.05, 0.1) is 7.11 Å².